The van der Waals surface area contributed by atoms with Crippen molar-refractivity contribution in [2.24, 2.45) is 0 Å². The van der Waals surface area contributed by atoms with Crippen molar-refractivity contribution in [1.82, 2.24) is 9.80 Å². The second kappa shape index (κ2) is 20.5. The Morgan fingerprint density at radius 2 is 1.27 bits per heavy atom. The molecule has 0 aromatic heterocycles. The van der Waals surface area contributed by atoms with Crippen molar-refractivity contribution in [2.45, 2.75) is 78.2 Å². The van der Waals surface area contributed by atoms with Gasteiger partial charge in [0, 0.05) is 68.3 Å². The molecule has 0 bridgehead atoms. The van der Waals surface area contributed by atoms with Crippen LogP contribution in [-0.4, -0.2) is 65.8 Å². The molecule has 6 aromatic rings. The van der Waals surface area contributed by atoms with Crippen molar-refractivity contribution in [3.63, 3.8) is 0 Å². The zero-order valence-electron chi connectivity index (χ0n) is 37.2. The molecule has 0 radical (unpaired) electrons. The van der Waals surface area contributed by atoms with E-state index in [4.69, 9.17) is 9.47 Å². The van der Waals surface area contributed by atoms with E-state index in [2.05, 4.69) is 10.2 Å². The van der Waals surface area contributed by atoms with E-state index in [1.54, 1.807) is 0 Å². The van der Waals surface area contributed by atoms with Gasteiger partial charge in [-0.2, -0.15) is 0 Å². The number of ether oxygens (including phenoxy) is 2. The summed E-state index contributed by atoms with van der Waals surface area (Å²) in [6.07, 6.45) is 5.03. The fraction of sp³-hybridized carbons (Fsp3) is 0.291. The fourth-order valence-electron chi connectivity index (χ4n) is 8.45. The smallest absolute Gasteiger partial charge is 0.255 e. The van der Waals surface area contributed by atoms with Crippen molar-refractivity contribution in [1.29, 1.82) is 0 Å². The van der Waals surface area contributed by atoms with Crippen LogP contribution < -0.4 is 19.7 Å². The molecule has 2 heterocycles. The first-order valence-corrected chi connectivity index (χ1v) is 22.7. The Hall–Kier alpha value is -6.87. The third kappa shape index (κ3) is 11.0. The lowest BCUT2D eigenvalue weighted by Gasteiger charge is -2.32. The minimum absolute atomic E-state index is 0.00833. The molecule has 64 heavy (non-hydrogen) atoms. The van der Waals surface area contributed by atoms with Crippen LogP contribution in [0.2, 0.25) is 0 Å². The van der Waals surface area contributed by atoms with Gasteiger partial charge in [-0.05, 0) is 129 Å². The van der Waals surface area contributed by atoms with E-state index in [0.29, 0.717) is 43.1 Å². The highest BCUT2D eigenvalue weighted by Gasteiger charge is 2.26. The van der Waals surface area contributed by atoms with Crippen LogP contribution in [0.4, 0.5) is 11.4 Å². The van der Waals surface area contributed by atoms with Gasteiger partial charge in [0.05, 0.1) is 11.4 Å². The first-order chi connectivity index (χ1) is 31.2. The number of benzene rings is 6. The Morgan fingerprint density at radius 1 is 0.656 bits per heavy atom. The number of aryl methyl sites for hydroxylation is 1. The lowest BCUT2D eigenvalue weighted by Crippen LogP contribution is -2.41. The van der Waals surface area contributed by atoms with E-state index in [0.717, 1.165) is 89.3 Å². The lowest BCUT2D eigenvalue weighted by molar-refractivity contribution is 0.0594. The summed E-state index contributed by atoms with van der Waals surface area (Å²) in [6, 6.07) is 47.1. The molecule has 3 amide bonds. The first-order valence-electron chi connectivity index (χ1n) is 22.7. The van der Waals surface area contributed by atoms with Crippen molar-refractivity contribution >= 4 is 29.1 Å². The van der Waals surface area contributed by atoms with Gasteiger partial charge in [0.1, 0.15) is 24.2 Å². The number of nitrogens with zero attached hydrogens (tertiary/aromatic N) is 3. The Morgan fingerprint density at radius 3 is 1.92 bits per heavy atom. The van der Waals surface area contributed by atoms with Crippen LogP contribution in [0.5, 0.6) is 11.5 Å². The van der Waals surface area contributed by atoms with Crippen molar-refractivity contribution in [3.8, 4) is 22.6 Å². The SMILES string of the molecule is Cc1ccc(C(=O)N2CCC(Oc3ccc(COc4ccc(-c5ccc(C(=O)Nc6cc(C(=O)N(Cc7ccccc7)C(C)C)ccc6N6CCCCC6)cc5)cc4)cc3)CC2)cc1. The molecule has 0 atom stereocenters. The van der Waals surface area contributed by atoms with Gasteiger partial charge in [0.25, 0.3) is 17.7 Å². The van der Waals surface area contributed by atoms with Gasteiger partial charge in [-0.1, -0.05) is 84.4 Å². The molecular weight excluding hydrogens is 797 g/mol. The standard InChI is InChI=1S/C55H58N4O5/c1-39(2)59(37-41-10-6-4-7-11-41)55(62)47-24-29-52(57-32-8-5-9-33-57)51(36-47)56-53(60)45-20-18-43(19-21-45)44-22-27-48(28-23-44)63-38-42-14-25-49(26-15-42)64-50-30-34-58(35-31-50)54(61)46-16-12-40(3)13-17-46/h4,6-7,10-29,36,39,50H,5,8-9,30-35,37-38H2,1-3H3,(H,56,60). The number of amides is 3. The van der Waals surface area contributed by atoms with Crippen molar-refractivity contribution in [3.05, 3.63) is 179 Å². The predicted octanol–water partition coefficient (Wildman–Crippen LogP) is 11.2. The molecule has 0 unspecified atom stereocenters. The molecule has 0 saturated carbocycles. The number of rotatable bonds is 14. The van der Waals surface area contributed by atoms with Crippen molar-refractivity contribution in [2.75, 3.05) is 36.4 Å². The maximum absolute atomic E-state index is 14.0. The maximum atomic E-state index is 14.0. The molecule has 2 saturated heterocycles. The Balaban J connectivity index is 0.846. The van der Waals surface area contributed by atoms with E-state index in [9.17, 15) is 14.4 Å². The summed E-state index contributed by atoms with van der Waals surface area (Å²) in [5.41, 5.74) is 8.63. The normalized spacial score (nSPS) is 14.2. The summed E-state index contributed by atoms with van der Waals surface area (Å²) in [4.78, 5) is 46.8. The average Bonchev–Trinajstić information content (AvgIpc) is 3.34. The summed E-state index contributed by atoms with van der Waals surface area (Å²) in [5.74, 6) is 1.36. The third-order valence-electron chi connectivity index (χ3n) is 12.3. The summed E-state index contributed by atoms with van der Waals surface area (Å²) in [5, 5.41) is 3.18. The number of carbonyl (C=O) groups is 3. The summed E-state index contributed by atoms with van der Waals surface area (Å²) in [7, 11) is 0. The van der Waals surface area contributed by atoms with E-state index in [1.165, 1.54) is 6.42 Å². The molecule has 0 aliphatic carbocycles. The molecule has 1 N–H and O–H groups in total. The summed E-state index contributed by atoms with van der Waals surface area (Å²) < 4.78 is 12.4. The molecule has 6 aromatic carbocycles. The van der Waals surface area contributed by atoms with E-state index in [1.807, 2.05) is 176 Å². The quantitative estimate of drug-likeness (QED) is 0.117. The fourth-order valence-corrected chi connectivity index (χ4v) is 8.45. The average molecular weight is 855 g/mol. The van der Waals surface area contributed by atoms with Crippen LogP contribution in [-0.2, 0) is 13.2 Å². The molecule has 8 rings (SSSR count). The highest BCUT2D eigenvalue weighted by atomic mass is 16.5. The number of nitrogens with one attached hydrogen (secondary N) is 1. The second-order valence-corrected chi connectivity index (χ2v) is 17.3. The molecule has 328 valence electrons. The lowest BCUT2D eigenvalue weighted by atomic mass is 10.0. The zero-order chi connectivity index (χ0) is 44.4. The number of piperidine rings is 2. The molecule has 0 spiro atoms. The van der Waals surface area contributed by atoms with Gasteiger partial charge in [-0.25, -0.2) is 0 Å². The highest BCUT2D eigenvalue weighted by molar-refractivity contribution is 6.07. The molecule has 2 fully saturated rings. The largest absolute Gasteiger partial charge is 0.490 e. The predicted molar refractivity (Wildman–Crippen MR) is 255 cm³/mol. The van der Waals surface area contributed by atoms with Crippen LogP contribution >= 0.6 is 0 Å². The van der Waals surface area contributed by atoms with Crippen LogP contribution in [0.3, 0.4) is 0 Å². The van der Waals surface area contributed by atoms with E-state index < -0.39 is 0 Å². The van der Waals surface area contributed by atoms with Crippen LogP contribution in [0.1, 0.15) is 93.7 Å². The summed E-state index contributed by atoms with van der Waals surface area (Å²) in [6.45, 7) is 10.2. The maximum Gasteiger partial charge on any atom is 0.255 e. The van der Waals surface area contributed by atoms with Gasteiger partial charge in [0.15, 0.2) is 0 Å². The van der Waals surface area contributed by atoms with Crippen LogP contribution in [0.15, 0.2) is 146 Å². The highest BCUT2D eigenvalue weighted by Crippen LogP contribution is 2.32. The zero-order valence-corrected chi connectivity index (χ0v) is 37.2. The number of hydrogen-bond donors (Lipinski definition) is 1. The van der Waals surface area contributed by atoms with Crippen LogP contribution in [0.25, 0.3) is 11.1 Å². The van der Waals surface area contributed by atoms with Gasteiger partial charge < -0.3 is 29.5 Å². The molecule has 9 heteroatoms. The molecule has 2 aliphatic heterocycles. The van der Waals surface area contributed by atoms with Gasteiger partial charge >= 0.3 is 0 Å². The number of carbonyl (C=O) groups excluding carboxylic acids is 3. The van der Waals surface area contributed by atoms with Crippen molar-refractivity contribution < 1.29 is 23.9 Å². The van der Waals surface area contributed by atoms with Crippen LogP contribution in [0, 0.1) is 6.92 Å². The number of anilines is 2. The molecule has 9 nitrogen and oxygen atoms in total. The van der Waals surface area contributed by atoms with Gasteiger partial charge in [-0.3, -0.25) is 14.4 Å². The first kappa shape index (κ1) is 43.8. The second-order valence-electron chi connectivity index (χ2n) is 17.3. The van der Waals surface area contributed by atoms with E-state index >= 15 is 0 Å². The minimum atomic E-state index is -0.227. The summed E-state index contributed by atoms with van der Waals surface area (Å²) >= 11 is 0. The number of hydrogen-bond acceptors (Lipinski definition) is 6. The Kier molecular flexibility index (Phi) is 14.0. The monoisotopic (exact) mass is 854 g/mol. The Labute approximate surface area is 377 Å². The molecular formula is C55H58N4O5. The topological polar surface area (TPSA) is 91.4 Å². The third-order valence-corrected chi connectivity index (χ3v) is 12.3. The minimum Gasteiger partial charge on any atom is -0.490 e. The van der Waals surface area contributed by atoms with E-state index in [-0.39, 0.29) is 29.9 Å². The van der Waals surface area contributed by atoms with Gasteiger partial charge in [0.2, 0.25) is 0 Å². The number of likely N-dealkylation sites (tertiary alicyclic amines) is 1. The Bertz CT molecular complexity index is 2490. The van der Waals surface area contributed by atoms with Gasteiger partial charge in [-0.15, -0.1) is 0 Å². The molecule has 2 aliphatic rings.